The van der Waals surface area contributed by atoms with E-state index in [1.165, 1.54) is 34.9 Å². The highest BCUT2D eigenvalue weighted by molar-refractivity contribution is 5.90. The van der Waals surface area contributed by atoms with Crippen LogP contribution in [0, 0.1) is 25.5 Å². The number of hydrogen-bond donors (Lipinski definition) is 0. The molecule has 39 heavy (non-hydrogen) atoms. The number of halogens is 2. The van der Waals surface area contributed by atoms with Crippen LogP contribution in [0.3, 0.4) is 0 Å². The van der Waals surface area contributed by atoms with Gasteiger partial charge in [-0.25, -0.2) is 18.1 Å². The molecule has 1 aliphatic heterocycles. The molecule has 4 aromatic rings. The lowest BCUT2D eigenvalue weighted by Crippen LogP contribution is -2.54. The quantitative estimate of drug-likeness (QED) is 0.348. The number of aromatic nitrogens is 3. The maximum atomic E-state index is 15.5. The molecule has 0 spiro atoms. The fraction of sp³-hybridized carbons (Fsp3) is 0.241. The van der Waals surface area contributed by atoms with Crippen LogP contribution in [0.2, 0.25) is 0 Å². The van der Waals surface area contributed by atoms with Crippen molar-refractivity contribution in [1.82, 2.24) is 19.4 Å². The Kier molecular flexibility index (Phi) is 6.86. The third kappa shape index (κ3) is 4.85. The normalized spacial score (nSPS) is 15.5. The van der Waals surface area contributed by atoms with Gasteiger partial charge in [-0.2, -0.15) is 9.97 Å². The number of amides is 1. The van der Waals surface area contributed by atoms with Crippen molar-refractivity contribution in [3.8, 4) is 17.3 Å². The minimum atomic E-state index is -0.797. The van der Waals surface area contributed by atoms with Crippen molar-refractivity contribution in [2.24, 2.45) is 0 Å². The molecular formula is C29H27F2N5O3. The van der Waals surface area contributed by atoms with E-state index >= 15 is 4.39 Å². The van der Waals surface area contributed by atoms with E-state index in [2.05, 4.69) is 16.5 Å². The molecule has 10 heteroatoms. The number of hydrogen-bond acceptors (Lipinski definition) is 6. The van der Waals surface area contributed by atoms with Crippen LogP contribution >= 0.6 is 0 Å². The lowest BCUT2D eigenvalue weighted by atomic mass is 10.1. The number of para-hydroxylation sites is 1. The summed E-state index contributed by atoms with van der Waals surface area (Å²) in [4.78, 5) is 38.2. The Morgan fingerprint density at radius 3 is 2.46 bits per heavy atom. The van der Waals surface area contributed by atoms with Crippen LogP contribution in [0.15, 0.2) is 66.0 Å². The molecule has 2 aromatic carbocycles. The topological polar surface area (TPSA) is 80.6 Å². The van der Waals surface area contributed by atoms with E-state index < -0.39 is 23.2 Å². The molecule has 0 unspecified atom stereocenters. The average molecular weight is 532 g/mol. The molecule has 2 aromatic heterocycles. The van der Waals surface area contributed by atoms with E-state index in [4.69, 9.17) is 4.74 Å². The molecule has 200 valence electrons. The summed E-state index contributed by atoms with van der Waals surface area (Å²) in [6.45, 7) is 10.3. The van der Waals surface area contributed by atoms with Crippen LogP contribution in [0.25, 0.3) is 16.7 Å². The van der Waals surface area contributed by atoms with E-state index in [0.29, 0.717) is 30.7 Å². The second-order valence-corrected chi connectivity index (χ2v) is 9.53. The summed E-state index contributed by atoms with van der Waals surface area (Å²) >= 11 is 0. The number of nitrogens with zero attached hydrogens (tertiary/aromatic N) is 5. The number of carbonyl (C=O) groups is 1. The third-order valence-corrected chi connectivity index (χ3v) is 6.83. The zero-order valence-electron chi connectivity index (χ0n) is 21.8. The van der Waals surface area contributed by atoms with Crippen LogP contribution in [0.1, 0.15) is 18.1 Å². The van der Waals surface area contributed by atoms with Crippen molar-refractivity contribution in [2.45, 2.75) is 26.8 Å². The van der Waals surface area contributed by atoms with Crippen LogP contribution in [0.4, 0.5) is 14.6 Å². The summed E-state index contributed by atoms with van der Waals surface area (Å²) in [6.07, 6.45) is 1.27. The summed E-state index contributed by atoms with van der Waals surface area (Å²) < 4.78 is 36.2. The van der Waals surface area contributed by atoms with Crippen molar-refractivity contribution >= 4 is 22.8 Å². The van der Waals surface area contributed by atoms with Crippen molar-refractivity contribution in [3.63, 3.8) is 0 Å². The molecule has 8 nitrogen and oxygen atoms in total. The van der Waals surface area contributed by atoms with Gasteiger partial charge in [0.05, 0.1) is 11.1 Å². The van der Waals surface area contributed by atoms with Crippen LogP contribution in [-0.4, -0.2) is 51.0 Å². The van der Waals surface area contributed by atoms with Crippen molar-refractivity contribution in [2.75, 3.05) is 24.5 Å². The Balaban J connectivity index is 1.72. The van der Waals surface area contributed by atoms with E-state index in [1.54, 1.807) is 4.90 Å². The third-order valence-electron chi connectivity index (χ3n) is 6.83. The second kappa shape index (κ2) is 10.3. The highest BCUT2D eigenvalue weighted by Crippen LogP contribution is 2.33. The van der Waals surface area contributed by atoms with Crippen molar-refractivity contribution < 1.29 is 18.3 Å². The molecule has 1 fully saturated rings. The Labute approximate surface area is 223 Å². The molecule has 0 aliphatic carbocycles. The number of carbonyl (C=O) groups excluding carboxylic acids is 1. The van der Waals surface area contributed by atoms with Gasteiger partial charge in [0, 0.05) is 31.7 Å². The van der Waals surface area contributed by atoms with E-state index in [-0.39, 0.29) is 29.2 Å². The fourth-order valence-corrected chi connectivity index (χ4v) is 4.98. The largest absolute Gasteiger partial charge is 0.436 e. The van der Waals surface area contributed by atoms with Gasteiger partial charge < -0.3 is 14.5 Å². The molecule has 5 rings (SSSR count). The fourth-order valence-electron chi connectivity index (χ4n) is 4.98. The number of rotatable bonds is 5. The zero-order chi connectivity index (χ0) is 27.8. The molecular weight excluding hydrogens is 504 g/mol. The van der Waals surface area contributed by atoms with Gasteiger partial charge in [-0.1, -0.05) is 30.8 Å². The minimum absolute atomic E-state index is 0.0626. The summed E-state index contributed by atoms with van der Waals surface area (Å²) in [6, 6.07) is 11.9. The standard InChI is InChI=1S/C29H27F2N5O3/c1-5-24(37)34-12-13-35(19(4)16-34)26-22-15-23(31)28(39-21-11-7-10-20(30)14-21)32-27(22)36(29(38)33-26)25-17(2)8-6-9-18(25)3/h5-11,14-15,19H,1,12-13,16H2,2-4H3/t19-/m0/s1. The summed E-state index contributed by atoms with van der Waals surface area (Å²) in [5.74, 6) is -1.60. The van der Waals surface area contributed by atoms with Crippen molar-refractivity contribution in [3.05, 3.63) is 94.4 Å². The maximum Gasteiger partial charge on any atom is 0.355 e. The molecule has 0 saturated carbocycles. The summed E-state index contributed by atoms with van der Waals surface area (Å²) in [5, 5.41) is 0.302. The van der Waals surface area contributed by atoms with Crippen LogP contribution in [0.5, 0.6) is 11.6 Å². The first kappa shape index (κ1) is 26.0. The Morgan fingerprint density at radius 2 is 1.79 bits per heavy atom. The average Bonchev–Trinajstić information content (AvgIpc) is 2.90. The van der Waals surface area contributed by atoms with E-state index in [0.717, 1.165) is 17.2 Å². The SMILES string of the molecule is C=CC(=O)N1CCN(c2nc(=O)n(-c3c(C)cccc3C)c3nc(Oc4cccc(F)c4)c(F)cc23)[C@@H](C)C1. The monoisotopic (exact) mass is 531 g/mol. The van der Waals surface area contributed by atoms with Gasteiger partial charge in [-0.05, 0) is 56.2 Å². The first-order valence-corrected chi connectivity index (χ1v) is 12.5. The van der Waals surface area contributed by atoms with Gasteiger partial charge in [0.25, 0.3) is 5.88 Å². The summed E-state index contributed by atoms with van der Waals surface area (Å²) in [5.41, 5.74) is 1.74. The first-order chi connectivity index (χ1) is 18.7. The smallest absolute Gasteiger partial charge is 0.355 e. The summed E-state index contributed by atoms with van der Waals surface area (Å²) in [7, 11) is 0. The predicted octanol–water partition coefficient (Wildman–Crippen LogP) is 4.69. The molecule has 1 amide bonds. The number of piperazine rings is 1. The number of pyridine rings is 1. The predicted molar refractivity (Wildman–Crippen MR) is 145 cm³/mol. The molecule has 3 heterocycles. The molecule has 0 N–H and O–H groups in total. The zero-order valence-corrected chi connectivity index (χ0v) is 21.8. The first-order valence-electron chi connectivity index (χ1n) is 12.5. The number of fused-ring (bicyclic) bond motifs is 1. The van der Waals surface area contributed by atoms with Gasteiger partial charge >= 0.3 is 5.69 Å². The molecule has 0 radical (unpaired) electrons. The van der Waals surface area contributed by atoms with Crippen molar-refractivity contribution in [1.29, 1.82) is 0 Å². The van der Waals surface area contributed by atoms with Gasteiger partial charge in [-0.15, -0.1) is 0 Å². The highest BCUT2D eigenvalue weighted by Gasteiger charge is 2.30. The number of benzene rings is 2. The van der Waals surface area contributed by atoms with E-state index in [1.807, 2.05) is 43.9 Å². The Morgan fingerprint density at radius 1 is 1.08 bits per heavy atom. The van der Waals surface area contributed by atoms with Gasteiger partial charge in [-0.3, -0.25) is 4.79 Å². The second-order valence-electron chi connectivity index (χ2n) is 9.53. The van der Waals surface area contributed by atoms with Gasteiger partial charge in [0.2, 0.25) is 5.91 Å². The molecule has 1 aliphatic rings. The van der Waals surface area contributed by atoms with Crippen LogP contribution in [-0.2, 0) is 4.79 Å². The highest BCUT2D eigenvalue weighted by atomic mass is 19.1. The maximum absolute atomic E-state index is 15.5. The van der Waals surface area contributed by atoms with E-state index in [9.17, 15) is 14.0 Å². The number of aryl methyl sites for hydroxylation is 2. The number of anilines is 1. The Hall–Kier alpha value is -4.60. The lowest BCUT2D eigenvalue weighted by molar-refractivity contribution is -0.126. The lowest BCUT2D eigenvalue weighted by Gasteiger charge is -2.40. The Bertz CT molecular complexity index is 1650. The van der Waals surface area contributed by atoms with Crippen LogP contribution < -0.4 is 15.3 Å². The molecule has 0 bridgehead atoms. The molecule has 1 saturated heterocycles. The van der Waals surface area contributed by atoms with Gasteiger partial charge in [0.15, 0.2) is 11.5 Å². The van der Waals surface area contributed by atoms with Gasteiger partial charge in [0.1, 0.15) is 17.4 Å². The molecule has 1 atom stereocenters. The number of ether oxygens (including phenoxy) is 1. The minimum Gasteiger partial charge on any atom is -0.436 e.